The smallest absolute Gasteiger partial charge is 0.0659 e. The van der Waals surface area contributed by atoms with E-state index in [1.165, 1.54) is 94.7 Å². The predicted molar refractivity (Wildman–Crippen MR) is 200 cm³/mol. The second-order valence-corrected chi connectivity index (χ2v) is 12.5. The molecule has 3 nitrogen and oxygen atoms in total. The number of nitrogens with zero attached hydrogens (tertiary/aromatic N) is 3. The van der Waals surface area contributed by atoms with Crippen LogP contribution in [0.3, 0.4) is 0 Å². The Hall–Kier alpha value is -4.89. The van der Waals surface area contributed by atoms with Crippen molar-refractivity contribution < 1.29 is 0 Å². The Bertz CT molecular complexity index is 2040. The summed E-state index contributed by atoms with van der Waals surface area (Å²) in [7, 11) is 0. The number of hydrogen-bond donors (Lipinski definition) is 0. The first kappa shape index (κ1) is 29.8. The summed E-state index contributed by atoms with van der Waals surface area (Å²) in [6.45, 7) is 3.35. The van der Waals surface area contributed by atoms with Crippen molar-refractivity contribution in [1.82, 2.24) is 4.57 Å². The van der Waals surface area contributed by atoms with Crippen molar-refractivity contribution in [3.63, 3.8) is 0 Å². The van der Waals surface area contributed by atoms with Gasteiger partial charge in [0.15, 0.2) is 0 Å². The van der Waals surface area contributed by atoms with Gasteiger partial charge in [0.2, 0.25) is 0 Å². The van der Waals surface area contributed by atoms with Crippen LogP contribution in [0.1, 0.15) is 63.9 Å². The van der Waals surface area contributed by atoms with Gasteiger partial charge in [-0.25, -0.2) is 5.01 Å². The van der Waals surface area contributed by atoms with Crippen molar-refractivity contribution in [2.45, 2.75) is 64.8 Å². The van der Waals surface area contributed by atoms with Crippen molar-refractivity contribution in [3.05, 3.63) is 133 Å². The van der Waals surface area contributed by atoms with Crippen molar-refractivity contribution in [2.24, 2.45) is 5.10 Å². The zero-order chi connectivity index (χ0) is 31.1. The van der Waals surface area contributed by atoms with Crippen LogP contribution in [0.5, 0.6) is 0 Å². The molecule has 0 aliphatic rings. The topological polar surface area (TPSA) is 20.5 Å². The van der Waals surface area contributed by atoms with Gasteiger partial charge in [-0.2, -0.15) is 5.10 Å². The minimum Gasteiger partial charge on any atom is -0.340 e. The molecule has 0 N–H and O–H groups in total. The average molecular weight is 602 g/mol. The molecule has 1 heterocycles. The van der Waals surface area contributed by atoms with Crippen molar-refractivity contribution in [1.29, 1.82) is 0 Å². The number of para-hydroxylation sites is 1. The fourth-order valence-electron chi connectivity index (χ4n) is 6.82. The normalized spacial score (nSPS) is 11.8. The molecule has 0 unspecified atom stereocenters. The second kappa shape index (κ2) is 14.0. The summed E-state index contributed by atoms with van der Waals surface area (Å²) < 4.78 is 2.53. The molecule has 0 spiro atoms. The van der Waals surface area contributed by atoms with Gasteiger partial charge in [-0.05, 0) is 76.0 Å². The van der Waals surface area contributed by atoms with Crippen LogP contribution in [0.15, 0.2) is 132 Å². The van der Waals surface area contributed by atoms with Gasteiger partial charge in [-0.1, -0.05) is 137 Å². The minimum atomic E-state index is 1.04. The van der Waals surface area contributed by atoms with Crippen LogP contribution in [0.2, 0.25) is 0 Å². The highest BCUT2D eigenvalue weighted by Gasteiger charge is 2.13. The van der Waals surface area contributed by atoms with Gasteiger partial charge in [-0.3, -0.25) is 0 Å². The highest BCUT2D eigenvalue weighted by Crippen LogP contribution is 2.33. The molecule has 0 amide bonds. The molecule has 0 aliphatic heterocycles. The number of hydrazone groups is 1. The van der Waals surface area contributed by atoms with Crippen LogP contribution in [-0.2, 0) is 6.54 Å². The predicted octanol–water partition coefficient (Wildman–Crippen LogP) is 12.4. The van der Waals surface area contributed by atoms with Crippen molar-refractivity contribution >= 4 is 60.9 Å². The molecule has 0 saturated carbocycles. The van der Waals surface area contributed by atoms with Crippen LogP contribution in [-0.4, -0.2) is 10.8 Å². The van der Waals surface area contributed by atoms with E-state index in [1.807, 2.05) is 6.21 Å². The number of rotatable bonds is 13. The lowest BCUT2D eigenvalue weighted by atomic mass is 10.1. The van der Waals surface area contributed by atoms with Crippen molar-refractivity contribution in [2.75, 3.05) is 5.01 Å². The third kappa shape index (κ3) is 6.41. The Morgan fingerprint density at radius 1 is 0.522 bits per heavy atom. The van der Waals surface area contributed by atoms with E-state index >= 15 is 0 Å². The van der Waals surface area contributed by atoms with Gasteiger partial charge < -0.3 is 4.57 Å². The van der Waals surface area contributed by atoms with E-state index in [1.54, 1.807) is 0 Å². The molecule has 46 heavy (non-hydrogen) atoms. The van der Waals surface area contributed by atoms with E-state index in [4.69, 9.17) is 5.10 Å². The number of hydrogen-bond acceptors (Lipinski definition) is 2. The summed E-state index contributed by atoms with van der Waals surface area (Å²) in [4.78, 5) is 0. The molecule has 230 valence electrons. The molecule has 7 aromatic rings. The third-order valence-corrected chi connectivity index (χ3v) is 9.31. The second-order valence-electron chi connectivity index (χ2n) is 12.5. The van der Waals surface area contributed by atoms with Gasteiger partial charge in [0, 0.05) is 28.4 Å². The quantitative estimate of drug-likeness (QED) is 0.0731. The first-order valence-electron chi connectivity index (χ1n) is 17.1. The zero-order valence-corrected chi connectivity index (χ0v) is 26.9. The third-order valence-electron chi connectivity index (χ3n) is 9.31. The number of unbranched alkanes of at least 4 members (excludes halogenated alkanes) is 7. The molecule has 0 fully saturated rings. The number of benzene rings is 6. The average Bonchev–Trinajstić information content (AvgIpc) is 3.42. The molecule has 3 heteroatoms. The molecule has 0 bridgehead atoms. The number of aryl methyl sites for hydroxylation is 1. The highest BCUT2D eigenvalue weighted by molar-refractivity contribution is 6.09. The van der Waals surface area contributed by atoms with Crippen molar-refractivity contribution in [3.8, 4) is 0 Å². The lowest BCUT2D eigenvalue weighted by Crippen LogP contribution is -2.09. The van der Waals surface area contributed by atoms with E-state index in [0.717, 1.165) is 23.5 Å². The molecule has 0 atom stereocenters. The molecule has 7 rings (SSSR count). The van der Waals surface area contributed by atoms with Crippen LogP contribution in [0.25, 0.3) is 43.4 Å². The maximum atomic E-state index is 5.14. The molecule has 0 saturated heterocycles. The summed E-state index contributed by atoms with van der Waals surface area (Å²) in [5, 5.41) is 14.7. The molecular formula is C43H43N3. The van der Waals surface area contributed by atoms with E-state index in [0.29, 0.717) is 0 Å². The van der Waals surface area contributed by atoms with E-state index in [-0.39, 0.29) is 0 Å². The molecule has 1 aromatic heterocycles. The lowest BCUT2D eigenvalue weighted by molar-refractivity contribution is 0.553. The van der Waals surface area contributed by atoms with Gasteiger partial charge in [0.05, 0.1) is 17.6 Å². The van der Waals surface area contributed by atoms with E-state index in [9.17, 15) is 0 Å². The van der Waals surface area contributed by atoms with E-state index < -0.39 is 0 Å². The maximum Gasteiger partial charge on any atom is 0.0659 e. The Labute approximate surface area is 272 Å². The molecular weight excluding hydrogens is 558 g/mol. The van der Waals surface area contributed by atoms with Gasteiger partial charge in [0.1, 0.15) is 0 Å². The molecule has 6 aromatic carbocycles. The largest absolute Gasteiger partial charge is 0.340 e. The van der Waals surface area contributed by atoms with Gasteiger partial charge >= 0.3 is 0 Å². The Balaban J connectivity index is 1.19. The number of aromatic nitrogens is 1. The van der Waals surface area contributed by atoms with Gasteiger partial charge in [0.25, 0.3) is 0 Å². The summed E-state index contributed by atoms with van der Waals surface area (Å²) in [5.74, 6) is 0. The highest BCUT2D eigenvalue weighted by atomic mass is 15.5. The fourth-order valence-corrected chi connectivity index (χ4v) is 6.82. The Morgan fingerprint density at radius 3 is 1.76 bits per heavy atom. The zero-order valence-electron chi connectivity index (χ0n) is 26.9. The monoisotopic (exact) mass is 601 g/mol. The lowest BCUT2D eigenvalue weighted by Gasteiger charge is -2.20. The minimum absolute atomic E-state index is 1.04. The summed E-state index contributed by atoms with van der Waals surface area (Å²) in [6.07, 6.45) is 12.7. The standard InChI is InChI=1S/C43H43N3/c1-2-3-4-5-6-7-8-15-28-45-42-21-14-13-20-40(42)41-29-33(22-27-43(41)45)32-44-46(38-25-23-34-16-9-11-18-36(34)30-38)39-26-24-35-17-10-12-19-37(35)31-39/h9-14,16-27,29-32H,2-8,15,28H2,1H3. The van der Waals surface area contributed by atoms with E-state index in [2.05, 4.69) is 144 Å². The summed E-state index contributed by atoms with van der Waals surface area (Å²) in [6, 6.07) is 45.8. The van der Waals surface area contributed by atoms with Crippen LogP contribution >= 0.6 is 0 Å². The first-order chi connectivity index (χ1) is 22.8. The van der Waals surface area contributed by atoms with Crippen LogP contribution in [0.4, 0.5) is 11.4 Å². The fraction of sp³-hybridized carbons (Fsp3) is 0.233. The first-order valence-corrected chi connectivity index (χ1v) is 17.1. The van der Waals surface area contributed by atoms with Gasteiger partial charge in [-0.15, -0.1) is 0 Å². The SMILES string of the molecule is CCCCCCCCCCn1c2ccccc2c2cc(C=NN(c3ccc4ccccc4c3)c3ccc4ccccc4c3)ccc21. The maximum absolute atomic E-state index is 5.14. The number of anilines is 2. The Morgan fingerprint density at radius 2 is 1.09 bits per heavy atom. The summed E-state index contributed by atoms with van der Waals surface area (Å²) >= 11 is 0. The summed E-state index contributed by atoms with van der Waals surface area (Å²) in [5.41, 5.74) is 5.79. The van der Waals surface area contributed by atoms with Crippen LogP contribution < -0.4 is 5.01 Å². The molecule has 0 aliphatic carbocycles. The Kier molecular flexibility index (Phi) is 9.09. The molecule has 0 radical (unpaired) electrons. The number of fused-ring (bicyclic) bond motifs is 5. The van der Waals surface area contributed by atoms with Crippen LogP contribution in [0, 0.1) is 0 Å².